The van der Waals surface area contributed by atoms with Gasteiger partial charge in [0.2, 0.25) is 0 Å². The van der Waals surface area contributed by atoms with E-state index < -0.39 is 0 Å². The molecule has 0 unspecified atom stereocenters. The van der Waals surface area contributed by atoms with E-state index in [-0.39, 0.29) is 6.17 Å². The number of benzene rings is 1. The van der Waals surface area contributed by atoms with Crippen molar-refractivity contribution in [2.24, 2.45) is 0 Å². The van der Waals surface area contributed by atoms with E-state index >= 15 is 0 Å². The van der Waals surface area contributed by atoms with Gasteiger partial charge in [-0.1, -0.05) is 24.3 Å². The molecule has 0 amide bonds. The first-order chi connectivity index (χ1) is 9.76. The second kappa shape index (κ2) is 4.96. The van der Waals surface area contributed by atoms with Crippen molar-refractivity contribution in [3.05, 3.63) is 49.6 Å². The van der Waals surface area contributed by atoms with E-state index in [1.54, 1.807) is 0 Å². The Balaban J connectivity index is 2.18. The second-order valence-electron chi connectivity index (χ2n) is 4.87. The summed E-state index contributed by atoms with van der Waals surface area (Å²) < 4.78 is 0. The third-order valence-corrected chi connectivity index (χ3v) is 3.63. The van der Waals surface area contributed by atoms with Crippen molar-refractivity contribution in [2.45, 2.75) is 13.1 Å². The van der Waals surface area contributed by atoms with Gasteiger partial charge in [0.05, 0.1) is 11.0 Å². The van der Waals surface area contributed by atoms with Gasteiger partial charge in [-0.3, -0.25) is 0 Å². The van der Waals surface area contributed by atoms with Gasteiger partial charge in [0.1, 0.15) is 6.17 Å². The zero-order valence-corrected chi connectivity index (χ0v) is 11.7. The Kier molecular flexibility index (Phi) is 3.14. The number of fused-ring (bicyclic) bond motifs is 2. The predicted molar refractivity (Wildman–Crippen MR) is 84.1 cm³/mol. The van der Waals surface area contributed by atoms with Crippen molar-refractivity contribution in [3.8, 4) is 0 Å². The molecular formula is C16H18N4. The third kappa shape index (κ3) is 1.84. The van der Waals surface area contributed by atoms with Crippen LogP contribution in [0.25, 0.3) is 11.0 Å². The molecule has 1 aliphatic rings. The Morgan fingerprint density at radius 1 is 1.00 bits per heavy atom. The van der Waals surface area contributed by atoms with E-state index in [9.17, 15) is 0 Å². The van der Waals surface area contributed by atoms with Gasteiger partial charge < -0.3 is 9.80 Å². The molecule has 3 rings (SSSR count). The Hall–Kier alpha value is -2.36. The Labute approximate surface area is 119 Å². The molecule has 2 heterocycles. The maximum absolute atomic E-state index is 4.78. The first-order valence-corrected chi connectivity index (χ1v) is 6.78. The van der Waals surface area contributed by atoms with Crippen LogP contribution in [-0.2, 0) is 0 Å². The molecule has 2 aromatic rings. The van der Waals surface area contributed by atoms with Crippen molar-refractivity contribution in [1.29, 1.82) is 0 Å². The molecule has 4 nitrogen and oxygen atoms in total. The molecule has 20 heavy (non-hydrogen) atoms. The number of aromatic nitrogens is 2. The molecule has 0 spiro atoms. The lowest BCUT2D eigenvalue weighted by molar-refractivity contribution is 0.662. The number of hydrogen-bond acceptors (Lipinski definition) is 4. The average Bonchev–Trinajstić information content (AvgIpc) is 2.71. The van der Waals surface area contributed by atoms with Crippen LogP contribution < -0.4 is 9.80 Å². The molecule has 0 atom stereocenters. The molecule has 0 aliphatic carbocycles. The van der Waals surface area contributed by atoms with E-state index in [0.717, 1.165) is 35.8 Å². The Morgan fingerprint density at radius 3 is 1.85 bits per heavy atom. The Bertz CT molecular complexity index is 608. The zero-order chi connectivity index (χ0) is 14.1. The van der Waals surface area contributed by atoms with Crippen LogP contribution in [0.2, 0.25) is 0 Å². The second-order valence-corrected chi connectivity index (χ2v) is 4.87. The fraction of sp³-hybridized carbons (Fsp3) is 0.250. The molecule has 1 aromatic carbocycles. The minimum absolute atomic E-state index is 0.206. The molecule has 0 radical (unpaired) electrons. The summed E-state index contributed by atoms with van der Waals surface area (Å²) in [5.41, 5.74) is 1.85. The highest BCUT2D eigenvalue weighted by Crippen LogP contribution is 2.37. The summed E-state index contributed by atoms with van der Waals surface area (Å²) in [6, 6.07) is 7.97. The van der Waals surface area contributed by atoms with Crippen molar-refractivity contribution in [3.63, 3.8) is 0 Å². The predicted octanol–water partition coefficient (Wildman–Crippen LogP) is 2.97. The van der Waals surface area contributed by atoms with Gasteiger partial charge in [-0.05, 0) is 19.1 Å². The SMILES string of the molecule is C=CCN1c2nc3ccccc3nc2N(CC=C)C1C. The molecular weight excluding hydrogens is 248 g/mol. The maximum Gasteiger partial charge on any atom is 0.174 e. The van der Waals surface area contributed by atoms with Crippen LogP contribution in [0.1, 0.15) is 6.92 Å². The number of para-hydroxylation sites is 2. The van der Waals surface area contributed by atoms with E-state index in [0.29, 0.717) is 0 Å². The van der Waals surface area contributed by atoms with Crippen LogP contribution in [0.15, 0.2) is 49.6 Å². The van der Waals surface area contributed by atoms with Gasteiger partial charge in [0, 0.05) is 13.1 Å². The number of nitrogens with zero attached hydrogens (tertiary/aromatic N) is 4. The van der Waals surface area contributed by atoms with Gasteiger partial charge in [-0.25, -0.2) is 9.97 Å². The summed E-state index contributed by atoms with van der Waals surface area (Å²) in [5, 5.41) is 0. The number of rotatable bonds is 4. The summed E-state index contributed by atoms with van der Waals surface area (Å²) in [7, 11) is 0. The van der Waals surface area contributed by atoms with Crippen molar-refractivity contribution in [2.75, 3.05) is 22.9 Å². The van der Waals surface area contributed by atoms with Crippen LogP contribution in [0.3, 0.4) is 0 Å². The Morgan fingerprint density at radius 2 is 1.45 bits per heavy atom. The van der Waals surface area contributed by atoms with Crippen LogP contribution in [0, 0.1) is 0 Å². The minimum atomic E-state index is 0.206. The van der Waals surface area contributed by atoms with Gasteiger partial charge in [0.25, 0.3) is 0 Å². The number of anilines is 2. The topological polar surface area (TPSA) is 32.3 Å². The van der Waals surface area contributed by atoms with Crippen molar-refractivity contribution < 1.29 is 0 Å². The normalized spacial score (nSPS) is 14.7. The van der Waals surface area contributed by atoms with Crippen LogP contribution >= 0.6 is 0 Å². The molecule has 0 N–H and O–H groups in total. The van der Waals surface area contributed by atoms with Crippen molar-refractivity contribution >= 4 is 22.7 Å². The highest BCUT2D eigenvalue weighted by Gasteiger charge is 2.34. The van der Waals surface area contributed by atoms with E-state index in [1.165, 1.54) is 0 Å². The molecule has 1 aliphatic heterocycles. The first kappa shape index (κ1) is 12.7. The molecule has 0 saturated carbocycles. The molecule has 4 heteroatoms. The number of hydrogen-bond donors (Lipinski definition) is 0. The van der Waals surface area contributed by atoms with E-state index in [2.05, 4.69) is 29.9 Å². The summed E-state index contributed by atoms with van der Waals surface area (Å²) in [6.07, 6.45) is 4.00. The lowest BCUT2D eigenvalue weighted by atomic mass is 10.3. The summed E-state index contributed by atoms with van der Waals surface area (Å²) in [4.78, 5) is 14.0. The average molecular weight is 266 g/mol. The van der Waals surface area contributed by atoms with Gasteiger partial charge >= 0.3 is 0 Å². The fourth-order valence-corrected chi connectivity index (χ4v) is 2.65. The lowest BCUT2D eigenvalue weighted by Crippen LogP contribution is -2.41. The fourth-order valence-electron chi connectivity index (χ4n) is 2.65. The van der Waals surface area contributed by atoms with E-state index in [1.807, 2.05) is 36.4 Å². The van der Waals surface area contributed by atoms with Gasteiger partial charge in [0.15, 0.2) is 11.6 Å². The first-order valence-electron chi connectivity index (χ1n) is 6.78. The molecule has 0 saturated heterocycles. The van der Waals surface area contributed by atoms with Gasteiger partial charge in [-0.15, -0.1) is 13.2 Å². The third-order valence-electron chi connectivity index (χ3n) is 3.63. The van der Waals surface area contributed by atoms with Crippen LogP contribution in [-0.4, -0.2) is 29.2 Å². The summed E-state index contributed by atoms with van der Waals surface area (Å²) in [5.74, 6) is 1.86. The highest BCUT2D eigenvalue weighted by atomic mass is 15.5. The largest absolute Gasteiger partial charge is 0.330 e. The highest BCUT2D eigenvalue weighted by molar-refractivity contribution is 5.83. The maximum atomic E-state index is 4.78. The summed E-state index contributed by atoms with van der Waals surface area (Å²) in [6.45, 7) is 11.3. The van der Waals surface area contributed by atoms with Crippen LogP contribution in [0.5, 0.6) is 0 Å². The smallest absolute Gasteiger partial charge is 0.174 e. The zero-order valence-electron chi connectivity index (χ0n) is 11.7. The standard InChI is InChI=1S/C16H18N4/c1-4-10-19-12(3)20(11-5-2)16-15(19)17-13-8-6-7-9-14(13)18-16/h4-9,12H,1-2,10-11H2,3H3. The minimum Gasteiger partial charge on any atom is -0.330 e. The lowest BCUT2D eigenvalue weighted by Gasteiger charge is -2.27. The van der Waals surface area contributed by atoms with Crippen LogP contribution in [0.4, 0.5) is 11.6 Å². The monoisotopic (exact) mass is 266 g/mol. The molecule has 0 fully saturated rings. The molecule has 102 valence electrons. The van der Waals surface area contributed by atoms with Crippen molar-refractivity contribution in [1.82, 2.24) is 9.97 Å². The molecule has 0 bridgehead atoms. The summed E-state index contributed by atoms with van der Waals surface area (Å²) >= 11 is 0. The van der Waals surface area contributed by atoms with E-state index in [4.69, 9.17) is 9.97 Å². The quantitative estimate of drug-likeness (QED) is 0.796. The molecule has 1 aromatic heterocycles. The van der Waals surface area contributed by atoms with Gasteiger partial charge in [-0.2, -0.15) is 0 Å².